The van der Waals surface area contributed by atoms with Crippen LogP contribution in [0.2, 0.25) is 5.02 Å². The molecule has 30 heavy (non-hydrogen) atoms. The van der Waals surface area contributed by atoms with Crippen molar-refractivity contribution in [1.82, 2.24) is 9.97 Å². The Kier molecular flexibility index (Phi) is 4.67. The highest BCUT2D eigenvalue weighted by Gasteiger charge is 2.20. The number of hydrogen-bond donors (Lipinski definition) is 2. The summed E-state index contributed by atoms with van der Waals surface area (Å²) in [5, 5.41) is 3.85. The fourth-order valence-electron chi connectivity index (χ4n) is 3.88. The molecule has 5 rings (SSSR count). The second kappa shape index (κ2) is 7.50. The highest BCUT2D eigenvalue weighted by molar-refractivity contribution is 6.32. The van der Waals surface area contributed by atoms with Crippen molar-refractivity contribution in [3.8, 4) is 5.75 Å². The summed E-state index contributed by atoms with van der Waals surface area (Å²) in [5.74, 6) is 0.229. The van der Waals surface area contributed by atoms with E-state index in [9.17, 15) is 9.59 Å². The molecule has 0 aliphatic heterocycles. The molecule has 0 bridgehead atoms. The molecule has 2 aromatic heterocycles. The standard InChI is InChI=1S/C22H18ClN3O4/c23-15-9-14-12-5-1-2-6-13(12)21(28)30-18(14)10-19(15)29-11-20(27)26-22-24-16-7-3-4-8-17(16)25-22/h3-4,7-10H,1-2,5-6,11H2,(H2,24,25,26,27). The van der Waals surface area contributed by atoms with Crippen LogP contribution in [-0.2, 0) is 17.6 Å². The van der Waals surface area contributed by atoms with E-state index in [1.807, 2.05) is 24.3 Å². The Morgan fingerprint density at radius 2 is 2.00 bits per heavy atom. The van der Waals surface area contributed by atoms with Gasteiger partial charge in [0.1, 0.15) is 11.3 Å². The largest absolute Gasteiger partial charge is 0.482 e. The number of aromatic nitrogens is 2. The van der Waals surface area contributed by atoms with Gasteiger partial charge in [-0.25, -0.2) is 9.78 Å². The summed E-state index contributed by atoms with van der Waals surface area (Å²) < 4.78 is 11.1. The number of nitrogens with zero attached hydrogens (tertiary/aromatic N) is 1. The molecule has 0 saturated carbocycles. The molecule has 2 N–H and O–H groups in total. The van der Waals surface area contributed by atoms with Crippen LogP contribution in [0.25, 0.3) is 22.0 Å². The van der Waals surface area contributed by atoms with Gasteiger partial charge in [0.2, 0.25) is 5.95 Å². The molecule has 0 spiro atoms. The lowest BCUT2D eigenvalue weighted by molar-refractivity contribution is -0.118. The van der Waals surface area contributed by atoms with Crippen LogP contribution in [0.4, 0.5) is 5.95 Å². The number of rotatable bonds is 4. The summed E-state index contributed by atoms with van der Waals surface area (Å²) in [5.41, 5.74) is 3.42. The molecule has 1 aliphatic carbocycles. The third kappa shape index (κ3) is 3.41. The zero-order chi connectivity index (χ0) is 20.7. The Morgan fingerprint density at radius 3 is 2.83 bits per heavy atom. The van der Waals surface area contributed by atoms with E-state index < -0.39 is 5.91 Å². The molecule has 0 radical (unpaired) electrons. The first-order chi connectivity index (χ1) is 14.6. The summed E-state index contributed by atoms with van der Waals surface area (Å²) in [6.45, 7) is -0.266. The number of ether oxygens (including phenoxy) is 1. The zero-order valence-electron chi connectivity index (χ0n) is 16.0. The molecular formula is C22H18ClN3O4. The van der Waals surface area contributed by atoms with Gasteiger partial charge < -0.3 is 14.1 Å². The second-order valence-electron chi connectivity index (χ2n) is 7.27. The van der Waals surface area contributed by atoms with E-state index in [4.69, 9.17) is 20.8 Å². The topological polar surface area (TPSA) is 97.2 Å². The molecule has 152 valence electrons. The van der Waals surface area contributed by atoms with Crippen LogP contribution in [0.5, 0.6) is 5.75 Å². The molecule has 1 amide bonds. The number of imidazole rings is 1. The van der Waals surface area contributed by atoms with Crippen molar-refractivity contribution in [2.75, 3.05) is 11.9 Å². The van der Waals surface area contributed by atoms with Crippen molar-refractivity contribution in [1.29, 1.82) is 0 Å². The van der Waals surface area contributed by atoms with Crippen LogP contribution < -0.4 is 15.7 Å². The number of aromatic amines is 1. The maximum Gasteiger partial charge on any atom is 0.339 e. The van der Waals surface area contributed by atoms with E-state index in [-0.39, 0.29) is 18.0 Å². The zero-order valence-corrected chi connectivity index (χ0v) is 16.7. The van der Waals surface area contributed by atoms with Gasteiger partial charge in [0.25, 0.3) is 5.91 Å². The summed E-state index contributed by atoms with van der Waals surface area (Å²) in [4.78, 5) is 31.9. The quantitative estimate of drug-likeness (QED) is 0.479. The number of nitrogens with one attached hydrogen (secondary N) is 2. The first-order valence-corrected chi connectivity index (χ1v) is 10.1. The second-order valence-corrected chi connectivity index (χ2v) is 7.68. The third-order valence-corrected chi connectivity index (χ3v) is 5.58. The van der Waals surface area contributed by atoms with Crippen molar-refractivity contribution >= 4 is 45.5 Å². The van der Waals surface area contributed by atoms with Gasteiger partial charge in [0.15, 0.2) is 6.61 Å². The maximum absolute atomic E-state index is 12.3. The number of amides is 1. The van der Waals surface area contributed by atoms with Gasteiger partial charge in [-0.2, -0.15) is 0 Å². The Bertz CT molecular complexity index is 1310. The molecule has 0 unspecified atom stereocenters. The minimum Gasteiger partial charge on any atom is -0.482 e. The Hall–Kier alpha value is -3.32. The first-order valence-electron chi connectivity index (χ1n) is 9.74. The molecule has 4 aromatic rings. The van der Waals surface area contributed by atoms with E-state index in [1.165, 1.54) is 0 Å². The van der Waals surface area contributed by atoms with Crippen molar-refractivity contribution in [2.45, 2.75) is 25.7 Å². The summed E-state index contributed by atoms with van der Waals surface area (Å²) in [6, 6.07) is 10.8. The number of carbonyl (C=O) groups excluding carboxylic acids is 1. The van der Waals surface area contributed by atoms with Crippen molar-refractivity contribution in [3.63, 3.8) is 0 Å². The van der Waals surface area contributed by atoms with Crippen LogP contribution in [0.1, 0.15) is 24.0 Å². The molecule has 2 heterocycles. The fraction of sp³-hybridized carbons (Fsp3) is 0.227. The molecule has 2 aromatic carbocycles. The molecule has 7 nitrogen and oxygen atoms in total. The lowest BCUT2D eigenvalue weighted by Crippen LogP contribution is -2.21. The number of hydrogen-bond acceptors (Lipinski definition) is 5. The predicted molar refractivity (Wildman–Crippen MR) is 114 cm³/mol. The summed E-state index contributed by atoms with van der Waals surface area (Å²) in [6.07, 6.45) is 3.57. The summed E-state index contributed by atoms with van der Waals surface area (Å²) in [7, 11) is 0. The van der Waals surface area contributed by atoms with Gasteiger partial charge in [-0.3, -0.25) is 10.1 Å². The van der Waals surface area contributed by atoms with Crippen LogP contribution in [0.15, 0.2) is 45.6 Å². The molecule has 0 atom stereocenters. The number of anilines is 1. The third-order valence-electron chi connectivity index (χ3n) is 5.28. The number of carbonyl (C=O) groups is 1. The van der Waals surface area contributed by atoms with Gasteiger partial charge in [0, 0.05) is 17.0 Å². The lowest BCUT2D eigenvalue weighted by Gasteiger charge is -2.17. The van der Waals surface area contributed by atoms with Gasteiger partial charge in [-0.1, -0.05) is 23.7 Å². The Balaban J connectivity index is 1.35. The number of H-pyrrole nitrogens is 1. The molecule has 0 saturated heterocycles. The van der Waals surface area contributed by atoms with Crippen molar-refractivity contribution in [3.05, 3.63) is 63.0 Å². The van der Waals surface area contributed by atoms with Gasteiger partial charge in [0.05, 0.1) is 16.1 Å². The number of benzene rings is 2. The van der Waals surface area contributed by atoms with E-state index >= 15 is 0 Å². The van der Waals surface area contributed by atoms with Crippen LogP contribution in [0, 0.1) is 0 Å². The van der Waals surface area contributed by atoms with E-state index in [1.54, 1.807) is 12.1 Å². The predicted octanol–water partition coefficient (Wildman–Crippen LogP) is 4.22. The number of halogens is 1. The number of fused-ring (bicyclic) bond motifs is 4. The monoisotopic (exact) mass is 423 g/mol. The van der Waals surface area contributed by atoms with Crippen molar-refractivity contribution in [2.24, 2.45) is 0 Å². The first kappa shape index (κ1) is 18.7. The Labute approximate surface area is 176 Å². The molecule has 0 fully saturated rings. The van der Waals surface area contributed by atoms with Crippen LogP contribution >= 0.6 is 11.6 Å². The molecule has 8 heteroatoms. The molecular weight excluding hydrogens is 406 g/mol. The van der Waals surface area contributed by atoms with E-state index in [0.717, 1.165) is 53.2 Å². The van der Waals surface area contributed by atoms with Gasteiger partial charge >= 0.3 is 5.63 Å². The molecule has 1 aliphatic rings. The fourth-order valence-corrected chi connectivity index (χ4v) is 4.10. The smallest absolute Gasteiger partial charge is 0.339 e. The lowest BCUT2D eigenvalue weighted by atomic mass is 9.91. The number of para-hydroxylation sites is 2. The minimum absolute atomic E-state index is 0.266. The highest BCUT2D eigenvalue weighted by Crippen LogP contribution is 2.34. The minimum atomic E-state index is -0.392. The normalized spacial score (nSPS) is 13.4. The van der Waals surface area contributed by atoms with Crippen LogP contribution in [0.3, 0.4) is 0 Å². The Morgan fingerprint density at radius 1 is 1.20 bits per heavy atom. The SMILES string of the molecule is O=C(COc1cc2oc(=O)c3c(c2cc1Cl)CCCC3)Nc1nc2ccccc2[nH]1. The maximum atomic E-state index is 12.3. The van der Waals surface area contributed by atoms with Crippen molar-refractivity contribution < 1.29 is 13.9 Å². The summed E-state index contributed by atoms with van der Waals surface area (Å²) >= 11 is 6.39. The van der Waals surface area contributed by atoms with Gasteiger partial charge in [-0.05, 0) is 49.4 Å². The van der Waals surface area contributed by atoms with Crippen LogP contribution in [-0.4, -0.2) is 22.5 Å². The van der Waals surface area contributed by atoms with E-state index in [2.05, 4.69) is 15.3 Å². The highest BCUT2D eigenvalue weighted by atomic mass is 35.5. The van der Waals surface area contributed by atoms with E-state index in [0.29, 0.717) is 16.6 Å². The average Bonchev–Trinajstić information content (AvgIpc) is 3.15. The number of aryl methyl sites for hydroxylation is 1. The van der Waals surface area contributed by atoms with Gasteiger partial charge in [-0.15, -0.1) is 0 Å². The average molecular weight is 424 g/mol.